The van der Waals surface area contributed by atoms with Crippen LogP contribution in [0.15, 0.2) is 103 Å². The van der Waals surface area contributed by atoms with E-state index in [0.717, 1.165) is 98.0 Å². The van der Waals surface area contributed by atoms with Crippen LogP contribution in [0.2, 0.25) is 10.0 Å². The zero-order chi connectivity index (χ0) is 88.5. The van der Waals surface area contributed by atoms with E-state index in [1.54, 1.807) is 6.92 Å². The number of fused-ring (bicyclic) bond motifs is 15. The van der Waals surface area contributed by atoms with Gasteiger partial charge in [-0.3, -0.25) is 38.4 Å². The van der Waals surface area contributed by atoms with E-state index < -0.39 is 249 Å². The number of nitrogens with two attached hydrogens (primary N) is 1. The van der Waals surface area contributed by atoms with Crippen molar-refractivity contribution in [2.45, 2.75) is 221 Å². The van der Waals surface area contributed by atoms with E-state index in [1.165, 1.54) is 45.9 Å². The Balaban J connectivity index is 1.05. The number of ether oxygens (including phenoxy) is 7. The second-order valence-corrected chi connectivity index (χ2v) is 32.3. The van der Waals surface area contributed by atoms with Crippen molar-refractivity contribution in [3.8, 4) is 62.9 Å². The number of nitrogens with one attached hydrogen (secondary N) is 9. The molecule has 7 aliphatic heterocycles. The Kier molecular flexibility index (Phi) is 30.2. The number of primary amides is 1. The van der Waals surface area contributed by atoms with Crippen LogP contribution in [0, 0.1) is 5.92 Å². The van der Waals surface area contributed by atoms with E-state index in [-0.39, 0.29) is 52.8 Å². The summed E-state index contributed by atoms with van der Waals surface area (Å²) in [6.45, 7) is 10.2. The number of amides is 8. The number of rotatable bonds is 26. The van der Waals surface area contributed by atoms with Gasteiger partial charge in [-0.1, -0.05) is 106 Å². The van der Waals surface area contributed by atoms with Gasteiger partial charge in [0.15, 0.2) is 29.9 Å². The van der Waals surface area contributed by atoms with Crippen LogP contribution in [0.3, 0.4) is 0 Å². The standard InChI is InChI=1S/C84H102Cl2N10O26/c1-8-9-10-11-12-13-24-116-46-19-14-40(15-20-46)35-89-38(4)75(107)96-84(6)34-61(117-39(5)74(84)106)121-73-71(105)70(104)59(36-97)120-83(73)122-72-57-29-44-30-58(72)119-56-23-18-43(28-50(56)86)69(103)67-81(113)93-65(82(114)115)48-31-45(98)32-54(100)62(48)47-26-41(16-21-53(47)99)63(78(110)95-67)92-79(111)64(44)91-77(109)52(33-60(87)101)90-80(112)66(94-76(108)51(88-7)25-37(2)3)68(102)42-17-22-55(118-57)49(85)27-42/h14-23,26-32,37-39,51-52,59,61,63-71,73-74,83,88-89,97-100,102-106H,8-13,24-25,33-36H2,1-7H3,(H2,87,101)(H,90,112)(H,91,109)(H,92,111)(H,93,113)(H,94,108)(H,95,110)(H,96,107)(H,114,115)/t38-,39-,51+,52-,59+,61-,63+,64+,65?,66+,67-,68+,69+,70+,71-,73+,74+,83-,84-/m0/s1. The Bertz CT molecular complexity index is 4860. The second kappa shape index (κ2) is 40.1. The number of aliphatic carboxylic acids is 1. The first kappa shape index (κ1) is 92.0. The maximum atomic E-state index is 16.2. The molecule has 0 radical (unpaired) electrons. The molecule has 7 aliphatic rings. The van der Waals surface area contributed by atoms with Crippen LogP contribution in [-0.2, 0) is 63.9 Å². The van der Waals surface area contributed by atoms with Gasteiger partial charge in [0.25, 0.3) is 0 Å². The normalized spacial score (nSPS) is 26.6. The average molecular weight is 1740 g/mol. The summed E-state index contributed by atoms with van der Waals surface area (Å²) < 4.78 is 45.3. The van der Waals surface area contributed by atoms with Gasteiger partial charge in [0.05, 0.1) is 53.4 Å². The average Bonchev–Trinajstić information content (AvgIpc) is 0.772. The van der Waals surface area contributed by atoms with Crippen LogP contribution >= 0.6 is 23.2 Å². The number of likely N-dealkylation sites (N-methyl/N-ethyl adjacent to an activating group) is 1. The van der Waals surface area contributed by atoms with E-state index >= 15 is 14.4 Å². The summed E-state index contributed by atoms with van der Waals surface area (Å²) in [5.74, 6) is -16.2. The Morgan fingerprint density at radius 2 is 1.30 bits per heavy atom. The zero-order valence-corrected chi connectivity index (χ0v) is 69.1. The molecule has 6 aromatic rings. The second-order valence-electron chi connectivity index (χ2n) is 31.5. The highest BCUT2D eigenvalue weighted by Gasteiger charge is 2.53. The molecular weight excluding hydrogens is 1640 g/mol. The highest BCUT2D eigenvalue weighted by Crippen LogP contribution is 2.50. The van der Waals surface area contributed by atoms with E-state index in [1.807, 2.05) is 38.1 Å². The highest BCUT2D eigenvalue weighted by molar-refractivity contribution is 6.32. The number of carboxylic acid groups (broad SMARTS) is 1. The van der Waals surface area contributed by atoms with Crippen molar-refractivity contribution in [1.82, 2.24) is 47.9 Å². The van der Waals surface area contributed by atoms with Crippen molar-refractivity contribution in [2.75, 3.05) is 20.3 Å². The summed E-state index contributed by atoms with van der Waals surface area (Å²) in [5.41, 5.74) is 2.08. The van der Waals surface area contributed by atoms with Crippen molar-refractivity contribution in [3.63, 3.8) is 0 Å². The number of aliphatic hydroxyl groups excluding tert-OH is 6. The molecule has 2 saturated heterocycles. The summed E-state index contributed by atoms with van der Waals surface area (Å²) >= 11 is 14.3. The van der Waals surface area contributed by atoms with E-state index in [4.69, 9.17) is 62.1 Å². The van der Waals surface area contributed by atoms with Gasteiger partial charge in [0, 0.05) is 35.7 Å². The minimum absolute atomic E-state index is 0.116. The predicted molar refractivity (Wildman–Crippen MR) is 435 cm³/mol. The molecule has 2 fully saturated rings. The van der Waals surface area contributed by atoms with Gasteiger partial charge in [-0.2, -0.15) is 0 Å². The number of carbonyl (C=O) groups excluding carboxylic acids is 8. The summed E-state index contributed by atoms with van der Waals surface area (Å²) in [7, 11) is 1.47. The fourth-order valence-corrected chi connectivity index (χ4v) is 15.6. The third-order valence-electron chi connectivity index (χ3n) is 21.8. The molecule has 36 nitrogen and oxygen atoms in total. The Morgan fingerprint density at radius 3 is 1.92 bits per heavy atom. The first-order valence-electron chi connectivity index (χ1n) is 39.9. The fraction of sp³-hybridized carbons (Fsp3) is 0.464. The Morgan fingerprint density at radius 1 is 0.672 bits per heavy atom. The molecule has 6 aromatic carbocycles. The van der Waals surface area contributed by atoms with Crippen molar-refractivity contribution in [1.29, 1.82) is 0 Å². The number of phenols is 3. The number of phenolic OH excluding ortho intramolecular Hbond substituents is 3. The molecule has 0 spiro atoms. The van der Waals surface area contributed by atoms with Crippen molar-refractivity contribution < 1.29 is 127 Å². The Hall–Kier alpha value is -10.7. The number of carboxylic acids is 1. The van der Waals surface area contributed by atoms with Crippen molar-refractivity contribution >= 4 is 76.4 Å². The molecule has 38 heteroatoms. The molecule has 658 valence electrons. The van der Waals surface area contributed by atoms with Crippen molar-refractivity contribution in [2.24, 2.45) is 11.7 Å². The minimum Gasteiger partial charge on any atom is -0.508 e. The zero-order valence-electron chi connectivity index (χ0n) is 67.6. The van der Waals surface area contributed by atoms with E-state index in [9.17, 15) is 79.8 Å². The smallest absolute Gasteiger partial charge is 0.330 e. The molecule has 21 N–H and O–H groups in total. The molecule has 19 atom stereocenters. The first-order valence-corrected chi connectivity index (χ1v) is 40.7. The van der Waals surface area contributed by atoms with Gasteiger partial charge in [-0.05, 0) is 141 Å². The molecule has 122 heavy (non-hydrogen) atoms. The third kappa shape index (κ3) is 21.5. The Labute approximate surface area is 710 Å². The monoisotopic (exact) mass is 1740 g/mol. The van der Waals surface area contributed by atoms with E-state index in [2.05, 4.69) is 54.8 Å². The quantitative estimate of drug-likeness (QED) is 0.0339. The number of aliphatic hydroxyl groups is 6. The van der Waals surface area contributed by atoms with Crippen LogP contribution in [0.4, 0.5) is 0 Å². The maximum Gasteiger partial charge on any atom is 0.330 e. The van der Waals surface area contributed by atoms with Gasteiger partial charge >= 0.3 is 5.97 Å². The van der Waals surface area contributed by atoms with Gasteiger partial charge in [-0.15, -0.1) is 0 Å². The number of aromatic hydroxyl groups is 3. The largest absolute Gasteiger partial charge is 0.508 e. The molecule has 7 heterocycles. The lowest BCUT2D eigenvalue weighted by Crippen LogP contribution is -2.67. The molecule has 11 bridgehead atoms. The molecule has 0 aliphatic carbocycles. The lowest BCUT2D eigenvalue weighted by atomic mass is 9.84. The molecule has 1 unspecified atom stereocenters. The van der Waals surface area contributed by atoms with Gasteiger partial charge in [-0.25, -0.2) is 4.79 Å². The number of halogens is 2. The summed E-state index contributed by atoms with van der Waals surface area (Å²) in [6.07, 6.45) is -13.1. The number of unbranched alkanes of at least 4 members (excludes halogenated alkanes) is 5. The van der Waals surface area contributed by atoms with Gasteiger partial charge < -0.3 is 138 Å². The molecule has 13 rings (SSSR count). The van der Waals surface area contributed by atoms with Crippen LogP contribution in [-0.4, -0.2) is 210 Å². The molecule has 0 aromatic heterocycles. The van der Waals surface area contributed by atoms with Crippen LogP contribution in [0.1, 0.15) is 163 Å². The number of carbonyl (C=O) groups is 9. The van der Waals surface area contributed by atoms with Gasteiger partial charge in [0.1, 0.15) is 101 Å². The van der Waals surface area contributed by atoms with Gasteiger partial charge in [0.2, 0.25) is 59.3 Å². The SMILES string of the molecule is CCCCCCCCOc1ccc(CN[C@@H](C)C(=O)N[C@@]2(C)C[C@H](O[C@H]3[C@H](Oc4c5cc6cc4Oc4ccc(cc4Cl)[C@@H](O)[C@@H](NC(=O)[C@@H](CC(C)C)NC)C(=O)N[C@@H](CC(N)=O)C(=O)N[C@H]6C(=O)N[C@H]4C(=O)N[C@H](C(=O)NC(C(=O)O)c6cc(O)cc(O)c6-c6cc4ccc6O)[C@H](O)c4ccc(c(Cl)c4)O5)O[C@H](CO)[C@@H](O)[C@@H]3O)O[C@@H](C)[C@H]2O)cc1. The fourth-order valence-electron chi connectivity index (χ4n) is 15.1. The number of hydrogen-bond donors (Lipinski definition) is 20. The van der Waals surface area contributed by atoms with Crippen molar-refractivity contribution in [3.05, 3.63) is 147 Å². The summed E-state index contributed by atoms with van der Waals surface area (Å²) in [6, 6.07) is 5.62. The van der Waals surface area contributed by atoms with Crippen LogP contribution < -0.4 is 72.5 Å². The van der Waals surface area contributed by atoms with Crippen LogP contribution in [0.5, 0.6) is 51.7 Å². The topological polar surface area (TPSA) is 555 Å². The van der Waals surface area contributed by atoms with Crippen LogP contribution in [0.25, 0.3) is 11.1 Å². The minimum atomic E-state index is -2.39. The number of hydrogen-bond acceptors (Lipinski definition) is 27. The predicted octanol–water partition coefficient (Wildman–Crippen LogP) is 4.18. The number of benzene rings is 6. The third-order valence-corrected chi connectivity index (χ3v) is 22.4. The molecule has 8 amide bonds. The molecular formula is C84H102Cl2N10O26. The molecule has 0 saturated carbocycles. The highest BCUT2D eigenvalue weighted by atomic mass is 35.5. The lowest BCUT2D eigenvalue weighted by molar-refractivity contribution is -0.334. The summed E-state index contributed by atoms with van der Waals surface area (Å²) in [4.78, 5) is 132. The first-order chi connectivity index (χ1) is 58.0. The van der Waals surface area contributed by atoms with E-state index in [0.29, 0.717) is 12.4 Å². The maximum absolute atomic E-state index is 16.2. The summed E-state index contributed by atoms with van der Waals surface area (Å²) in [5, 5.41) is 139. The lowest BCUT2D eigenvalue weighted by Gasteiger charge is -2.48.